The van der Waals surface area contributed by atoms with E-state index in [2.05, 4.69) is 0 Å². The highest BCUT2D eigenvalue weighted by Crippen LogP contribution is 2.17. The molecule has 0 saturated carbocycles. The Hall–Kier alpha value is -2.88. The maximum absolute atomic E-state index is 12.1. The van der Waals surface area contributed by atoms with Crippen LogP contribution < -0.4 is 0 Å². The van der Waals surface area contributed by atoms with Crippen LogP contribution in [-0.2, 0) is 14.3 Å². The Morgan fingerprint density at radius 1 is 0.808 bits per heavy atom. The molecule has 4 heteroatoms. The zero-order valence-electron chi connectivity index (χ0n) is 15.3. The molecule has 0 aliphatic carbocycles. The second-order valence-corrected chi connectivity index (χ2v) is 6.22. The average molecular weight is 352 g/mol. The van der Waals surface area contributed by atoms with Crippen molar-refractivity contribution in [1.29, 1.82) is 0 Å². The summed E-state index contributed by atoms with van der Waals surface area (Å²) in [6.07, 6.45) is 2.34. The van der Waals surface area contributed by atoms with Crippen LogP contribution in [0, 0.1) is 5.92 Å². The first-order valence-electron chi connectivity index (χ1n) is 8.67. The molecular formula is C22H24O4. The lowest BCUT2D eigenvalue weighted by atomic mass is 10.0. The SMILES string of the molecule is CC(OC(=O)C=Cc1ccccc1)C(C)C(C)OC(=O)c1ccccc1. The first-order chi connectivity index (χ1) is 12.5. The van der Waals surface area contributed by atoms with Gasteiger partial charge < -0.3 is 9.47 Å². The molecule has 0 fully saturated rings. The van der Waals surface area contributed by atoms with Gasteiger partial charge in [0.1, 0.15) is 12.2 Å². The molecule has 0 aromatic heterocycles. The first kappa shape index (κ1) is 19.4. The number of rotatable bonds is 7. The van der Waals surface area contributed by atoms with Gasteiger partial charge >= 0.3 is 11.9 Å². The van der Waals surface area contributed by atoms with E-state index in [-0.39, 0.29) is 24.1 Å². The lowest BCUT2D eigenvalue weighted by Gasteiger charge is -2.25. The van der Waals surface area contributed by atoms with Gasteiger partial charge in [-0.05, 0) is 37.6 Å². The molecule has 0 radical (unpaired) electrons. The molecule has 26 heavy (non-hydrogen) atoms. The van der Waals surface area contributed by atoms with E-state index in [0.717, 1.165) is 5.56 Å². The zero-order valence-corrected chi connectivity index (χ0v) is 15.3. The Bertz CT molecular complexity index is 737. The molecule has 4 nitrogen and oxygen atoms in total. The molecule has 0 aliphatic heterocycles. The predicted octanol–water partition coefficient (Wildman–Crippen LogP) is 4.51. The van der Waals surface area contributed by atoms with Crippen molar-refractivity contribution in [3.05, 3.63) is 77.9 Å². The van der Waals surface area contributed by atoms with E-state index < -0.39 is 5.97 Å². The summed E-state index contributed by atoms with van der Waals surface area (Å²) < 4.78 is 10.9. The molecule has 0 spiro atoms. The van der Waals surface area contributed by atoms with E-state index in [1.165, 1.54) is 6.08 Å². The van der Waals surface area contributed by atoms with Crippen LogP contribution >= 0.6 is 0 Å². The lowest BCUT2D eigenvalue weighted by Crippen LogP contribution is -2.32. The smallest absolute Gasteiger partial charge is 0.338 e. The van der Waals surface area contributed by atoms with Crippen molar-refractivity contribution >= 4 is 18.0 Å². The number of carbonyl (C=O) groups is 2. The Morgan fingerprint density at radius 3 is 1.96 bits per heavy atom. The third-order valence-electron chi connectivity index (χ3n) is 4.30. The highest BCUT2D eigenvalue weighted by atomic mass is 16.6. The van der Waals surface area contributed by atoms with Crippen LogP contribution in [0.25, 0.3) is 6.08 Å². The number of hydrogen-bond acceptors (Lipinski definition) is 4. The quantitative estimate of drug-likeness (QED) is 0.543. The van der Waals surface area contributed by atoms with Gasteiger partial charge in [0.2, 0.25) is 0 Å². The third-order valence-corrected chi connectivity index (χ3v) is 4.30. The molecule has 0 amide bonds. The van der Waals surface area contributed by atoms with Gasteiger partial charge in [0.15, 0.2) is 0 Å². The maximum Gasteiger partial charge on any atom is 0.338 e. The second kappa shape index (κ2) is 9.56. The molecule has 2 rings (SSSR count). The van der Waals surface area contributed by atoms with Crippen LogP contribution in [0.1, 0.15) is 36.7 Å². The van der Waals surface area contributed by atoms with Crippen LogP contribution in [0.4, 0.5) is 0 Å². The predicted molar refractivity (Wildman–Crippen MR) is 102 cm³/mol. The van der Waals surface area contributed by atoms with Gasteiger partial charge in [-0.2, -0.15) is 0 Å². The number of esters is 2. The van der Waals surface area contributed by atoms with E-state index in [0.29, 0.717) is 5.56 Å². The molecule has 2 aromatic rings. The molecule has 3 unspecified atom stereocenters. The van der Waals surface area contributed by atoms with Crippen molar-refractivity contribution < 1.29 is 19.1 Å². The van der Waals surface area contributed by atoms with Gasteiger partial charge in [-0.1, -0.05) is 55.5 Å². The van der Waals surface area contributed by atoms with Crippen molar-refractivity contribution in [2.24, 2.45) is 5.92 Å². The van der Waals surface area contributed by atoms with E-state index in [1.54, 1.807) is 44.2 Å². The maximum atomic E-state index is 12.1. The van der Waals surface area contributed by atoms with Gasteiger partial charge in [-0.25, -0.2) is 9.59 Å². The van der Waals surface area contributed by atoms with Crippen molar-refractivity contribution in [3.8, 4) is 0 Å². The summed E-state index contributed by atoms with van der Waals surface area (Å²) in [7, 11) is 0. The molecule has 0 N–H and O–H groups in total. The van der Waals surface area contributed by atoms with Gasteiger partial charge in [-0.15, -0.1) is 0 Å². The summed E-state index contributed by atoms with van der Waals surface area (Å²) in [6.45, 7) is 5.49. The topological polar surface area (TPSA) is 52.6 Å². The van der Waals surface area contributed by atoms with Crippen LogP contribution in [-0.4, -0.2) is 24.1 Å². The van der Waals surface area contributed by atoms with Crippen molar-refractivity contribution in [2.75, 3.05) is 0 Å². The molecular weight excluding hydrogens is 328 g/mol. The molecule has 0 bridgehead atoms. The molecule has 2 aromatic carbocycles. The molecule has 136 valence electrons. The van der Waals surface area contributed by atoms with Gasteiger partial charge in [0.05, 0.1) is 5.56 Å². The molecule has 0 saturated heterocycles. The Labute approximate surface area is 154 Å². The summed E-state index contributed by atoms with van der Waals surface area (Å²) in [5, 5.41) is 0. The van der Waals surface area contributed by atoms with Crippen molar-refractivity contribution in [2.45, 2.75) is 33.0 Å². The Kier molecular flexibility index (Phi) is 7.15. The van der Waals surface area contributed by atoms with Gasteiger partial charge in [0, 0.05) is 12.0 Å². The molecule has 0 aliphatic rings. The number of hydrogen-bond donors (Lipinski definition) is 0. The standard InChI is InChI=1S/C22H24O4/c1-16(18(3)26-22(24)20-12-8-5-9-13-20)17(2)25-21(23)15-14-19-10-6-4-7-11-19/h4-18H,1-3H3. The normalized spacial score (nSPS) is 14.4. The number of carbonyl (C=O) groups excluding carboxylic acids is 2. The lowest BCUT2D eigenvalue weighted by molar-refractivity contribution is -0.146. The van der Waals surface area contributed by atoms with E-state index in [1.807, 2.05) is 43.3 Å². The second-order valence-electron chi connectivity index (χ2n) is 6.22. The number of ether oxygens (including phenoxy) is 2. The Morgan fingerprint density at radius 2 is 1.35 bits per heavy atom. The monoisotopic (exact) mass is 352 g/mol. The largest absolute Gasteiger partial charge is 0.459 e. The van der Waals surface area contributed by atoms with Gasteiger partial charge in [-0.3, -0.25) is 0 Å². The minimum Gasteiger partial charge on any atom is -0.459 e. The van der Waals surface area contributed by atoms with E-state index >= 15 is 0 Å². The fourth-order valence-electron chi connectivity index (χ4n) is 2.36. The highest BCUT2D eigenvalue weighted by Gasteiger charge is 2.25. The van der Waals surface area contributed by atoms with E-state index in [9.17, 15) is 9.59 Å². The summed E-state index contributed by atoms with van der Waals surface area (Å²) >= 11 is 0. The minimum absolute atomic E-state index is 0.142. The molecule has 0 heterocycles. The first-order valence-corrected chi connectivity index (χ1v) is 8.67. The minimum atomic E-state index is -0.421. The fraction of sp³-hybridized carbons (Fsp3) is 0.273. The summed E-state index contributed by atoms with van der Waals surface area (Å²) in [6, 6.07) is 18.3. The molecule has 3 atom stereocenters. The van der Waals surface area contributed by atoms with Crippen molar-refractivity contribution in [1.82, 2.24) is 0 Å². The van der Waals surface area contributed by atoms with Crippen LogP contribution in [0.2, 0.25) is 0 Å². The zero-order chi connectivity index (χ0) is 18.9. The van der Waals surface area contributed by atoms with Gasteiger partial charge in [0.25, 0.3) is 0 Å². The summed E-state index contributed by atoms with van der Waals surface area (Å²) in [4.78, 5) is 24.1. The van der Waals surface area contributed by atoms with E-state index in [4.69, 9.17) is 9.47 Å². The summed E-state index contributed by atoms with van der Waals surface area (Å²) in [5.41, 5.74) is 1.43. The van der Waals surface area contributed by atoms with Crippen LogP contribution in [0.3, 0.4) is 0 Å². The third kappa shape index (κ3) is 5.88. The summed E-state index contributed by atoms with van der Waals surface area (Å²) in [5.74, 6) is -0.945. The average Bonchev–Trinajstić information content (AvgIpc) is 2.67. The number of benzene rings is 2. The fourth-order valence-corrected chi connectivity index (χ4v) is 2.36. The highest BCUT2D eigenvalue weighted by molar-refractivity contribution is 5.89. The van der Waals surface area contributed by atoms with Crippen LogP contribution in [0.15, 0.2) is 66.7 Å². The van der Waals surface area contributed by atoms with Crippen LogP contribution in [0.5, 0.6) is 0 Å². The van der Waals surface area contributed by atoms with Crippen molar-refractivity contribution in [3.63, 3.8) is 0 Å². The Balaban J connectivity index is 1.85.